The maximum Gasteiger partial charge on any atom is 0.243 e. The molecule has 0 aliphatic carbocycles. The summed E-state index contributed by atoms with van der Waals surface area (Å²) < 4.78 is 10.8. The van der Waals surface area contributed by atoms with Gasteiger partial charge in [0.25, 0.3) is 0 Å². The Morgan fingerprint density at radius 1 is 1.44 bits per heavy atom. The molecule has 0 N–H and O–H groups in total. The summed E-state index contributed by atoms with van der Waals surface area (Å²) in [6, 6.07) is 2.21. The van der Waals surface area contributed by atoms with Crippen molar-refractivity contribution < 1.29 is 14.3 Å². The highest BCUT2D eigenvalue weighted by Gasteiger charge is 2.42. The van der Waals surface area contributed by atoms with E-state index in [0.717, 1.165) is 19.4 Å². The van der Waals surface area contributed by atoms with Crippen molar-refractivity contribution in [3.05, 3.63) is 0 Å². The third-order valence-corrected chi connectivity index (χ3v) is 3.82. The topological polar surface area (TPSA) is 62.6 Å². The van der Waals surface area contributed by atoms with E-state index < -0.39 is 5.41 Å². The lowest BCUT2D eigenvalue weighted by atomic mass is 9.80. The standard InChI is InChI=1S/C13H20N2O3/c1-15(9-11-3-2-6-18-11)12(16)13(10-14)4-7-17-8-5-13/h11H,2-9H2,1H3. The van der Waals surface area contributed by atoms with Crippen LogP contribution in [0, 0.1) is 16.7 Å². The van der Waals surface area contributed by atoms with Crippen LogP contribution in [0.25, 0.3) is 0 Å². The van der Waals surface area contributed by atoms with Crippen LogP contribution in [0.3, 0.4) is 0 Å². The molecule has 0 aromatic rings. The molecule has 1 atom stereocenters. The molecule has 2 aliphatic heterocycles. The maximum atomic E-state index is 12.4. The highest BCUT2D eigenvalue weighted by Crippen LogP contribution is 2.32. The van der Waals surface area contributed by atoms with Crippen LogP contribution in [-0.4, -0.2) is 50.3 Å². The summed E-state index contributed by atoms with van der Waals surface area (Å²) in [6.45, 7) is 2.35. The second-order valence-electron chi connectivity index (χ2n) is 5.13. The summed E-state index contributed by atoms with van der Waals surface area (Å²) in [6.07, 6.45) is 3.19. The molecule has 2 fully saturated rings. The number of carbonyl (C=O) groups is 1. The van der Waals surface area contributed by atoms with E-state index in [9.17, 15) is 10.1 Å². The molecule has 1 unspecified atom stereocenters. The fourth-order valence-corrected chi connectivity index (χ4v) is 2.64. The molecule has 2 saturated heterocycles. The number of rotatable bonds is 3. The zero-order valence-corrected chi connectivity index (χ0v) is 10.9. The van der Waals surface area contributed by atoms with Gasteiger partial charge in [-0.3, -0.25) is 4.79 Å². The average molecular weight is 252 g/mol. The molecule has 0 aromatic carbocycles. The number of nitriles is 1. The van der Waals surface area contributed by atoms with Crippen LogP contribution in [0.15, 0.2) is 0 Å². The Hall–Kier alpha value is -1.12. The lowest BCUT2D eigenvalue weighted by Crippen LogP contribution is -2.46. The second kappa shape index (κ2) is 5.68. The van der Waals surface area contributed by atoms with Crippen molar-refractivity contribution in [2.24, 2.45) is 5.41 Å². The molecule has 2 rings (SSSR count). The molecule has 5 nitrogen and oxygen atoms in total. The lowest BCUT2D eigenvalue weighted by molar-refractivity contribution is -0.143. The van der Waals surface area contributed by atoms with E-state index in [1.165, 1.54) is 0 Å². The average Bonchev–Trinajstić information content (AvgIpc) is 2.91. The lowest BCUT2D eigenvalue weighted by Gasteiger charge is -2.33. The zero-order chi connectivity index (χ0) is 13.0. The Bertz CT molecular complexity index is 339. The van der Waals surface area contributed by atoms with E-state index in [1.54, 1.807) is 11.9 Å². The quantitative estimate of drug-likeness (QED) is 0.750. The molecule has 0 radical (unpaired) electrons. The molecule has 0 aromatic heterocycles. The molecule has 2 aliphatic rings. The fraction of sp³-hybridized carbons (Fsp3) is 0.846. The summed E-state index contributed by atoms with van der Waals surface area (Å²) >= 11 is 0. The van der Waals surface area contributed by atoms with Gasteiger partial charge >= 0.3 is 0 Å². The highest BCUT2D eigenvalue weighted by molar-refractivity contribution is 5.85. The van der Waals surface area contributed by atoms with Crippen LogP contribution in [0.5, 0.6) is 0 Å². The van der Waals surface area contributed by atoms with E-state index in [-0.39, 0.29) is 12.0 Å². The largest absolute Gasteiger partial charge is 0.381 e. The smallest absolute Gasteiger partial charge is 0.243 e. The van der Waals surface area contributed by atoms with E-state index in [0.29, 0.717) is 32.6 Å². The van der Waals surface area contributed by atoms with Crippen LogP contribution in [0.2, 0.25) is 0 Å². The van der Waals surface area contributed by atoms with Crippen LogP contribution >= 0.6 is 0 Å². The molecule has 0 saturated carbocycles. The maximum absolute atomic E-state index is 12.4. The predicted molar refractivity (Wildman–Crippen MR) is 64.7 cm³/mol. The van der Waals surface area contributed by atoms with Gasteiger partial charge in [-0.05, 0) is 25.7 Å². The van der Waals surface area contributed by atoms with Gasteiger partial charge in [-0.25, -0.2) is 0 Å². The van der Waals surface area contributed by atoms with E-state index in [4.69, 9.17) is 9.47 Å². The summed E-state index contributed by atoms with van der Waals surface area (Å²) in [5.41, 5.74) is -0.883. The van der Waals surface area contributed by atoms with Gasteiger partial charge in [0.2, 0.25) is 5.91 Å². The molecule has 18 heavy (non-hydrogen) atoms. The van der Waals surface area contributed by atoms with Gasteiger partial charge in [0.05, 0.1) is 12.2 Å². The molecule has 100 valence electrons. The minimum atomic E-state index is -0.883. The third-order valence-electron chi connectivity index (χ3n) is 3.82. The minimum Gasteiger partial charge on any atom is -0.381 e. The highest BCUT2D eigenvalue weighted by atomic mass is 16.5. The predicted octanol–water partition coefficient (Wildman–Crippen LogP) is 0.944. The number of hydrogen-bond acceptors (Lipinski definition) is 4. The number of hydrogen-bond donors (Lipinski definition) is 0. The SMILES string of the molecule is CN(CC1CCCO1)C(=O)C1(C#N)CCOCC1. The first-order valence-corrected chi connectivity index (χ1v) is 6.54. The van der Waals surface area contributed by atoms with Crippen molar-refractivity contribution in [1.29, 1.82) is 5.26 Å². The first-order chi connectivity index (χ1) is 8.68. The van der Waals surface area contributed by atoms with Crippen LogP contribution in [0.1, 0.15) is 25.7 Å². The zero-order valence-electron chi connectivity index (χ0n) is 10.9. The Kier molecular flexibility index (Phi) is 4.20. The van der Waals surface area contributed by atoms with Gasteiger partial charge < -0.3 is 14.4 Å². The van der Waals surface area contributed by atoms with E-state index >= 15 is 0 Å². The second-order valence-corrected chi connectivity index (χ2v) is 5.13. The first-order valence-electron chi connectivity index (χ1n) is 6.54. The van der Waals surface area contributed by atoms with Gasteiger partial charge in [-0.15, -0.1) is 0 Å². The van der Waals surface area contributed by atoms with Crippen molar-refractivity contribution in [1.82, 2.24) is 4.90 Å². The van der Waals surface area contributed by atoms with E-state index in [1.807, 2.05) is 0 Å². The molecular weight excluding hydrogens is 232 g/mol. The molecular formula is C13H20N2O3. The van der Waals surface area contributed by atoms with E-state index in [2.05, 4.69) is 6.07 Å². The fourth-order valence-electron chi connectivity index (χ4n) is 2.64. The molecule has 1 amide bonds. The number of likely N-dealkylation sites (N-methyl/N-ethyl adjacent to an activating group) is 1. The Morgan fingerprint density at radius 2 is 2.17 bits per heavy atom. The Morgan fingerprint density at radius 3 is 2.72 bits per heavy atom. The van der Waals surface area contributed by atoms with Gasteiger partial charge in [0.1, 0.15) is 5.41 Å². The number of carbonyl (C=O) groups excluding carboxylic acids is 1. The first kappa shape index (κ1) is 13.3. The van der Waals surface area contributed by atoms with Crippen LogP contribution < -0.4 is 0 Å². The summed E-state index contributed by atoms with van der Waals surface area (Å²) in [5.74, 6) is -0.0798. The molecule has 2 heterocycles. The van der Waals surface area contributed by atoms with Crippen molar-refractivity contribution in [3.63, 3.8) is 0 Å². The summed E-state index contributed by atoms with van der Waals surface area (Å²) in [5, 5.41) is 9.34. The monoisotopic (exact) mass is 252 g/mol. The third kappa shape index (κ3) is 2.65. The normalized spacial score (nSPS) is 26.6. The van der Waals surface area contributed by atoms with Crippen molar-refractivity contribution >= 4 is 5.91 Å². The van der Waals surface area contributed by atoms with Crippen LogP contribution in [-0.2, 0) is 14.3 Å². The van der Waals surface area contributed by atoms with Crippen molar-refractivity contribution in [2.45, 2.75) is 31.8 Å². The molecule has 0 spiro atoms. The molecule has 5 heteroatoms. The van der Waals surface area contributed by atoms with Crippen molar-refractivity contribution in [3.8, 4) is 6.07 Å². The Labute approximate surface area is 108 Å². The summed E-state index contributed by atoms with van der Waals surface area (Å²) in [7, 11) is 1.76. The summed E-state index contributed by atoms with van der Waals surface area (Å²) in [4.78, 5) is 14.1. The van der Waals surface area contributed by atoms with Gasteiger partial charge in [0.15, 0.2) is 0 Å². The van der Waals surface area contributed by atoms with Gasteiger partial charge in [-0.1, -0.05) is 0 Å². The van der Waals surface area contributed by atoms with Crippen molar-refractivity contribution in [2.75, 3.05) is 33.4 Å². The minimum absolute atomic E-state index is 0.0798. The Balaban J connectivity index is 1.97. The number of amides is 1. The van der Waals surface area contributed by atoms with Gasteiger partial charge in [0, 0.05) is 33.4 Å². The number of ether oxygens (including phenoxy) is 2. The van der Waals surface area contributed by atoms with Gasteiger partial charge in [-0.2, -0.15) is 5.26 Å². The molecule has 0 bridgehead atoms. The number of nitrogens with zero attached hydrogens (tertiary/aromatic N) is 2. The van der Waals surface area contributed by atoms with Crippen LogP contribution in [0.4, 0.5) is 0 Å².